The molecule has 0 aromatic heterocycles. The van der Waals surface area contributed by atoms with E-state index in [1.165, 1.54) is 19.3 Å². The summed E-state index contributed by atoms with van der Waals surface area (Å²) < 4.78 is 0. The van der Waals surface area contributed by atoms with Gasteiger partial charge in [-0.15, -0.1) is 6.58 Å². The van der Waals surface area contributed by atoms with Gasteiger partial charge in [0.15, 0.2) is 5.11 Å². The molecular formula is C10H18N2S. The monoisotopic (exact) mass is 198 g/mol. The minimum absolute atomic E-state index is 0.583. The summed E-state index contributed by atoms with van der Waals surface area (Å²) in [5.41, 5.74) is 0. The predicted molar refractivity (Wildman–Crippen MR) is 60.7 cm³/mol. The first-order chi connectivity index (χ1) is 6.22. The second-order valence-electron chi connectivity index (χ2n) is 3.76. The zero-order valence-electron chi connectivity index (χ0n) is 8.18. The van der Waals surface area contributed by atoms with E-state index < -0.39 is 0 Å². The van der Waals surface area contributed by atoms with Crippen molar-refractivity contribution in [3.05, 3.63) is 12.7 Å². The van der Waals surface area contributed by atoms with Crippen LogP contribution in [0.5, 0.6) is 0 Å². The van der Waals surface area contributed by atoms with E-state index in [4.69, 9.17) is 12.2 Å². The molecular weight excluding hydrogens is 180 g/mol. The predicted octanol–water partition coefficient (Wildman–Crippen LogP) is 1.83. The fourth-order valence-corrected chi connectivity index (χ4v) is 1.99. The van der Waals surface area contributed by atoms with Crippen LogP contribution in [0, 0.1) is 5.92 Å². The molecule has 74 valence electrons. The summed E-state index contributed by atoms with van der Waals surface area (Å²) in [5.74, 6) is 0.847. The molecule has 0 aromatic rings. The Balaban J connectivity index is 2.16. The molecule has 0 spiro atoms. The average Bonchev–Trinajstić information content (AvgIpc) is 2.48. The lowest BCUT2D eigenvalue weighted by molar-refractivity contribution is 0.568. The molecule has 1 saturated carbocycles. The maximum atomic E-state index is 5.12. The molecule has 2 atom stereocenters. The van der Waals surface area contributed by atoms with Crippen LogP contribution < -0.4 is 10.6 Å². The number of rotatable bonds is 3. The van der Waals surface area contributed by atoms with Crippen molar-refractivity contribution in [1.29, 1.82) is 0 Å². The quantitative estimate of drug-likeness (QED) is 0.534. The summed E-state index contributed by atoms with van der Waals surface area (Å²) in [4.78, 5) is 0. The Hall–Kier alpha value is -0.570. The summed E-state index contributed by atoms with van der Waals surface area (Å²) in [7, 11) is 0. The largest absolute Gasteiger partial charge is 0.360 e. The normalized spacial score (nSPS) is 26.8. The van der Waals surface area contributed by atoms with Gasteiger partial charge in [-0.3, -0.25) is 0 Å². The van der Waals surface area contributed by atoms with Gasteiger partial charge in [0.25, 0.3) is 0 Å². The van der Waals surface area contributed by atoms with Crippen LogP contribution in [-0.2, 0) is 0 Å². The topological polar surface area (TPSA) is 24.1 Å². The zero-order valence-corrected chi connectivity index (χ0v) is 8.99. The third kappa shape index (κ3) is 3.77. The van der Waals surface area contributed by atoms with E-state index in [-0.39, 0.29) is 0 Å². The van der Waals surface area contributed by atoms with Gasteiger partial charge in [0.05, 0.1) is 0 Å². The highest BCUT2D eigenvalue weighted by atomic mass is 32.1. The number of thiocarbonyl (C=S) groups is 1. The molecule has 1 aliphatic carbocycles. The SMILES string of the molecule is C=CCNC(=S)NC1CCC(C)C1. The van der Waals surface area contributed by atoms with Crippen LogP contribution in [0.2, 0.25) is 0 Å². The van der Waals surface area contributed by atoms with Gasteiger partial charge in [-0.25, -0.2) is 0 Å². The number of hydrogen-bond acceptors (Lipinski definition) is 1. The molecule has 0 bridgehead atoms. The second-order valence-corrected chi connectivity index (χ2v) is 4.17. The summed E-state index contributed by atoms with van der Waals surface area (Å²) >= 11 is 5.12. The van der Waals surface area contributed by atoms with Crippen molar-refractivity contribution in [1.82, 2.24) is 10.6 Å². The molecule has 1 aliphatic rings. The fraction of sp³-hybridized carbons (Fsp3) is 0.700. The maximum absolute atomic E-state index is 5.12. The Morgan fingerprint density at radius 3 is 2.92 bits per heavy atom. The molecule has 0 aromatic carbocycles. The first-order valence-corrected chi connectivity index (χ1v) is 5.28. The molecule has 0 heterocycles. The Morgan fingerprint density at radius 2 is 2.38 bits per heavy atom. The standard InChI is InChI=1S/C10H18N2S/c1-3-6-11-10(13)12-9-5-4-8(2)7-9/h3,8-9H,1,4-7H2,2H3,(H2,11,12,13). The smallest absolute Gasteiger partial charge is 0.166 e. The first kappa shape index (κ1) is 10.5. The fourth-order valence-electron chi connectivity index (χ4n) is 1.74. The molecule has 0 aliphatic heterocycles. The summed E-state index contributed by atoms with van der Waals surface area (Å²) in [6.07, 6.45) is 5.62. The maximum Gasteiger partial charge on any atom is 0.166 e. The van der Waals surface area contributed by atoms with E-state index in [1.807, 2.05) is 6.08 Å². The highest BCUT2D eigenvalue weighted by Crippen LogP contribution is 2.24. The van der Waals surface area contributed by atoms with Gasteiger partial charge in [0.2, 0.25) is 0 Å². The Bertz CT molecular complexity index is 191. The minimum atomic E-state index is 0.583. The van der Waals surface area contributed by atoms with E-state index >= 15 is 0 Å². The second kappa shape index (κ2) is 5.22. The van der Waals surface area contributed by atoms with E-state index in [0.717, 1.165) is 17.6 Å². The van der Waals surface area contributed by atoms with Crippen LogP contribution in [0.25, 0.3) is 0 Å². The first-order valence-electron chi connectivity index (χ1n) is 4.87. The van der Waals surface area contributed by atoms with Crippen LogP contribution in [0.15, 0.2) is 12.7 Å². The molecule has 2 N–H and O–H groups in total. The molecule has 0 radical (unpaired) electrons. The van der Waals surface area contributed by atoms with Gasteiger partial charge in [-0.05, 0) is 37.4 Å². The molecule has 2 unspecified atom stereocenters. The zero-order chi connectivity index (χ0) is 9.68. The summed E-state index contributed by atoms with van der Waals surface area (Å²) in [6.45, 7) is 6.66. The van der Waals surface area contributed by atoms with Gasteiger partial charge in [0, 0.05) is 12.6 Å². The highest BCUT2D eigenvalue weighted by Gasteiger charge is 2.21. The highest BCUT2D eigenvalue weighted by molar-refractivity contribution is 7.80. The van der Waals surface area contributed by atoms with Crippen LogP contribution in [0.3, 0.4) is 0 Å². The van der Waals surface area contributed by atoms with Crippen molar-refractivity contribution < 1.29 is 0 Å². The Morgan fingerprint density at radius 1 is 1.62 bits per heavy atom. The average molecular weight is 198 g/mol. The van der Waals surface area contributed by atoms with Gasteiger partial charge in [-0.1, -0.05) is 13.0 Å². The summed E-state index contributed by atoms with van der Waals surface area (Å²) in [6, 6.07) is 0.583. The van der Waals surface area contributed by atoms with E-state index in [1.54, 1.807) is 0 Å². The van der Waals surface area contributed by atoms with Crippen LogP contribution in [0.1, 0.15) is 26.2 Å². The third-order valence-electron chi connectivity index (χ3n) is 2.44. The van der Waals surface area contributed by atoms with Crippen molar-refractivity contribution in [2.75, 3.05) is 6.54 Å². The molecule has 0 saturated heterocycles. The molecule has 3 heteroatoms. The van der Waals surface area contributed by atoms with E-state index in [2.05, 4.69) is 24.1 Å². The molecule has 2 nitrogen and oxygen atoms in total. The summed E-state index contributed by atoms with van der Waals surface area (Å²) in [5, 5.41) is 7.16. The van der Waals surface area contributed by atoms with E-state index in [0.29, 0.717) is 6.04 Å². The Kier molecular flexibility index (Phi) is 4.22. The minimum Gasteiger partial charge on any atom is -0.360 e. The van der Waals surface area contributed by atoms with Gasteiger partial charge in [0.1, 0.15) is 0 Å². The third-order valence-corrected chi connectivity index (χ3v) is 2.70. The molecule has 1 rings (SSSR count). The molecule has 0 amide bonds. The van der Waals surface area contributed by atoms with Crippen LogP contribution in [-0.4, -0.2) is 17.7 Å². The lowest BCUT2D eigenvalue weighted by atomic mass is 10.1. The number of hydrogen-bond donors (Lipinski definition) is 2. The van der Waals surface area contributed by atoms with Crippen LogP contribution in [0.4, 0.5) is 0 Å². The lowest BCUT2D eigenvalue weighted by Crippen LogP contribution is -2.40. The van der Waals surface area contributed by atoms with E-state index in [9.17, 15) is 0 Å². The van der Waals surface area contributed by atoms with Crippen molar-refractivity contribution in [3.8, 4) is 0 Å². The molecule has 13 heavy (non-hydrogen) atoms. The van der Waals surface area contributed by atoms with Crippen molar-refractivity contribution >= 4 is 17.3 Å². The van der Waals surface area contributed by atoms with Gasteiger partial charge in [-0.2, -0.15) is 0 Å². The lowest BCUT2D eigenvalue weighted by Gasteiger charge is -2.15. The van der Waals surface area contributed by atoms with Crippen molar-refractivity contribution in [2.45, 2.75) is 32.2 Å². The Labute approximate surface area is 85.8 Å². The number of nitrogens with one attached hydrogen (secondary N) is 2. The van der Waals surface area contributed by atoms with Crippen molar-refractivity contribution in [3.63, 3.8) is 0 Å². The molecule has 1 fully saturated rings. The van der Waals surface area contributed by atoms with Gasteiger partial charge >= 0.3 is 0 Å². The van der Waals surface area contributed by atoms with Crippen LogP contribution >= 0.6 is 12.2 Å². The van der Waals surface area contributed by atoms with Gasteiger partial charge < -0.3 is 10.6 Å². The van der Waals surface area contributed by atoms with Crippen molar-refractivity contribution in [2.24, 2.45) is 5.92 Å².